The molecular formula is C36H37FN4O4. The summed E-state index contributed by atoms with van der Waals surface area (Å²) in [5.41, 5.74) is 3.07. The first-order valence-corrected chi connectivity index (χ1v) is 15.1. The fourth-order valence-corrected chi connectivity index (χ4v) is 5.59. The summed E-state index contributed by atoms with van der Waals surface area (Å²) in [7, 11) is 3.76. The molecule has 2 aliphatic rings. The van der Waals surface area contributed by atoms with Crippen molar-refractivity contribution in [3.63, 3.8) is 0 Å². The van der Waals surface area contributed by atoms with Gasteiger partial charge in [-0.1, -0.05) is 30.9 Å². The van der Waals surface area contributed by atoms with Crippen molar-refractivity contribution in [3.05, 3.63) is 109 Å². The lowest BCUT2D eigenvalue weighted by Crippen LogP contribution is -2.36. The maximum Gasteiger partial charge on any atom is 0.257 e. The number of rotatable bonds is 11. The number of aromatic nitrogens is 1. The number of benzene rings is 3. The monoisotopic (exact) mass is 608 g/mol. The highest BCUT2D eigenvalue weighted by Gasteiger charge is 2.49. The van der Waals surface area contributed by atoms with Crippen LogP contribution in [-0.4, -0.2) is 48.3 Å². The smallest absolute Gasteiger partial charge is 0.257 e. The molecule has 45 heavy (non-hydrogen) atoms. The number of hydrazine groups is 1. The molecule has 1 amide bonds. The fraction of sp³-hybridized carbons (Fsp3) is 0.278. The first-order chi connectivity index (χ1) is 21.7. The zero-order valence-electron chi connectivity index (χ0n) is 25.8. The summed E-state index contributed by atoms with van der Waals surface area (Å²) < 4.78 is 33.4. The van der Waals surface area contributed by atoms with Gasteiger partial charge in [0.25, 0.3) is 5.91 Å². The Kier molecular flexibility index (Phi) is 8.45. The third-order valence-corrected chi connectivity index (χ3v) is 8.57. The molecule has 1 aromatic heterocycles. The standard InChI is InChI=1S/C36H37FN4O4/c1-5-29(24(2)40(3)41(4)26-9-7-6-8-10-26)35(42)39-25-11-14-34(31(37)21-25)44-33-16-20-38-32-22-27(12-13-30(32)33)43-23-28-15-17-36(45-28)18-19-36/h5-14,16,20-22,28H,1,15,17-19,23H2,2-4H3,(H,39,42)/b29-24+/t28-/m0/s1. The maximum atomic E-state index is 15.3. The number of hydrogen-bond donors (Lipinski definition) is 1. The molecule has 9 heteroatoms. The number of ether oxygens (including phenoxy) is 3. The predicted octanol–water partition coefficient (Wildman–Crippen LogP) is 7.64. The molecule has 4 aromatic rings. The molecule has 1 spiro atoms. The SMILES string of the molecule is C=C/C(C(=O)Nc1ccc(Oc2ccnc3cc(OC[C@@H]4CCC5(CC5)O4)ccc23)c(F)c1)=C(/C)N(C)N(C)c1ccccc1. The minimum atomic E-state index is -0.621. The van der Waals surface area contributed by atoms with Crippen molar-refractivity contribution in [2.75, 3.05) is 31.0 Å². The van der Waals surface area contributed by atoms with Crippen molar-refractivity contribution in [1.29, 1.82) is 0 Å². The first-order valence-electron chi connectivity index (χ1n) is 15.1. The van der Waals surface area contributed by atoms with Crippen molar-refractivity contribution >= 4 is 28.2 Å². The molecule has 2 fully saturated rings. The van der Waals surface area contributed by atoms with Gasteiger partial charge < -0.3 is 19.5 Å². The summed E-state index contributed by atoms with van der Waals surface area (Å²) >= 11 is 0. The Balaban J connectivity index is 1.11. The van der Waals surface area contributed by atoms with Gasteiger partial charge in [-0.3, -0.25) is 19.8 Å². The van der Waals surface area contributed by atoms with Gasteiger partial charge in [-0.25, -0.2) is 4.39 Å². The molecule has 0 radical (unpaired) electrons. The summed E-state index contributed by atoms with van der Waals surface area (Å²) in [5.74, 6) is 0.140. The maximum absolute atomic E-state index is 15.3. The molecule has 8 nitrogen and oxygen atoms in total. The summed E-state index contributed by atoms with van der Waals surface area (Å²) in [5, 5.41) is 7.26. The van der Waals surface area contributed by atoms with Crippen molar-refractivity contribution in [2.45, 2.75) is 44.3 Å². The van der Waals surface area contributed by atoms with Crippen LogP contribution >= 0.6 is 0 Å². The third kappa shape index (κ3) is 6.63. The number of carbonyl (C=O) groups excluding carboxylic acids is 1. The largest absolute Gasteiger partial charge is 0.491 e. The summed E-state index contributed by atoms with van der Waals surface area (Å²) in [4.78, 5) is 17.7. The second kappa shape index (κ2) is 12.6. The van der Waals surface area contributed by atoms with E-state index in [9.17, 15) is 4.79 Å². The minimum Gasteiger partial charge on any atom is -0.491 e. The van der Waals surface area contributed by atoms with Crippen molar-refractivity contribution in [3.8, 4) is 17.2 Å². The number of carbonyl (C=O) groups is 1. The molecule has 1 aliphatic heterocycles. The lowest BCUT2D eigenvalue weighted by atomic mass is 10.1. The van der Waals surface area contributed by atoms with Crippen LogP contribution in [0.5, 0.6) is 17.2 Å². The number of hydrogen-bond acceptors (Lipinski definition) is 7. The molecule has 0 bridgehead atoms. The number of allylic oxidation sites excluding steroid dienone is 1. The van der Waals surface area contributed by atoms with Crippen LogP contribution in [0.3, 0.4) is 0 Å². The second-order valence-electron chi connectivity index (χ2n) is 11.5. The van der Waals surface area contributed by atoms with Gasteiger partial charge in [0.15, 0.2) is 11.6 Å². The molecule has 1 N–H and O–H groups in total. The molecule has 0 unspecified atom stereocenters. The zero-order chi connectivity index (χ0) is 31.6. The van der Waals surface area contributed by atoms with Crippen LogP contribution in [0.15, 0.2) is 103 Å². The van der Waals surface area contributed by atoms with E-state index in [1.165, 1.54) is 18.2 Å². The van der Waals surface area contributed by atoms with E-state index in [-0.39, 0.29) is 23.1 Å². The number of halogens is 1. The molecular weight excluding hydrogens is 571 g/mol. The van der Waals surface area contributed by atoms with E-state index in [0.29, 0.717) is 34.9 Å². The Morgan fingerprint density at radius 3 is 2.60 bits per heavy atom. The highest BCUT2D eigenvalue weighted by Crippen LogP contribution is 2.49. The molecule has 1 saturated heterocycles. The number of pyridine rings is 1. The van der Waals surface area contributed by atoms with E-state index in [0.717, 1.165) is 36.8 Å². The second-order valence-corrected chi connectivity index (χ2v) is 11.5. The Morgan fingerprint density at radius 2 is 1.89 bits per heavy atom. The zero-order valence-corrected chi connectivity index (χ0v) is 25.8. The lowest BCUT2D eigenvalue weighted by Gasteiger charge is -2.33. The molecule has 1 atom stereocenters. The summed E-state index contributed by atoms with van der Waals surface area (Å²) in [6.45, 7) is 6.16. The fourth-order valence-electron chi connectivity index (χ4n) is 5.59. The van der Waals surface area contributed by atoms with Gasteiger partial charge in [-0.05, 0) is 75.1 Å². The number of para-hydroxylation sites is 1. The Bertz CT molecular complexity index is 1760. The van der Waals surface area contributed by atoms with E-state index >= 15 is 4.39 Å². The van der Waals surface area contributed by atoms with Gasteiger partial charge in [-0.15, -0.1) is 0 Å². The Hall–Kier alpha value is -4.89. The van der Waals surface area contributed by atoms with E-state index in [1.807, 2.05) is 79.6 Å². The van der Waals surface area contributed by atoms with Gasteiger partial charge in [0.1, 0.15) is 18.1 Å². The average molecular weight is 609 g/mol. The van der Waals surface area contributed by atoms with E-state index in [4.69, 9.17) is 14.2 Å². The molecule has 2 heterocycles. The highest BCUT2D eigenvalue weighted by molar-refractivity contribution is 6.06. The molecule has 3 aromatic carbocycles. The van der Waals surface area contributed by atoms with Crippen LogP contribution in [0.2, 0.25) is 0 Å². The number of anilines is 2. The molecule has 1 saturated carbocycles. The number of nitrogens with zero attached hydrogens (tertiary/aromatic N) is 3. The normalized spacial score (nSPS) is 17.0. The van der Waals surface area contributed by atoms with E-state index < -0.39 is 11.7 Å². The summed E-state index contributed by atoms with van der Waals surface area (Å²) in [6.07, 6.45) is 7.67. The molecule has 1 aliphatic carbocycles. The van der Waals surface area contributed by atoms with Gasteiger partial charge >= 0.3 is 0 Å². The number of fused-ring (bicyclic) bond motifs is 1. The highest BCUT2D eigenvalue weighted by atomic mass is 19.1. The third-order valence-electron chi connectivity index (χ3n) is 8.57. The number of nitrogens with one attached hydrogen (secondary N) is 1. The topological polar surface area (TPSA) is 76.2 Å². The molecule has 6 rings (SSSR count). The van der Waals surface area contributed by atoms with Crippen molar-refractivity contribution < 1.29 is 23.4 Å². The lowest BCUT2D eigenvalue weighted by molar-refractivity contribution is -0.112. The van der Waals surface area contributed by atoms with Crippen LogP contribution in [-0.2, 0) is 9.53 Å². The van der Waals surface area contributed by atoms with Crippen LogP contribution in [0.1, 0.15) is 32.6 Å². The molecule has 232 valence electrons. The van der Waals surface area contributed by atoms with Gasteiger partial charge in [0.05, 0.1) is 28.5 Å². The Morgan fingerprint density at radius 1 is 1.09 bits per heavy atom. The summed E-state index contributed by atoms with van der Waals surface area (Å²) in [6, 6.07) is 21.3. The Labute approximate surface area is 262 Å². The van der Waals surface area contributed by atoms with E-state index in [1.54, 1.807) is 18.3 Å². The van der Waals surface area contributed by atoms with Crippen LogP contribution in [0.4, 0.5) is 15.8 Å². The van der Waals surface area contributed by atoms with Gasteiger partial charge in [0.2, 0.25) is 0 Å². The van der Waals surface area contributed by atoms with Gasteiger partial charge in [0, 0.05) is 49.2 Å². The van der Waals surface area contributed by atoms with E-state index in [2.05, 4.69) is 16.9 Å². The van der Waals surface area contributed by atoms with Crippen LogP contribution < -0.4 is 19.8 Å². The van der Waals surface area contributed by atoms with Crippen molar-refractivity contribution in [2.24, 2.45) is 0 Å². The van der Waals surface area contributed by atoms with Gasteiger partial charge in [-0.2, -0.15) is 0 Å². The van der Waals surface area contributed by atoms with Crippen LogP contribution in [0.25, 0.3) is 10.9 Å². The first kappa shape index (κ1) is 30.1. The predicted molar refractivity (Wildman–Crippen MR) is 174 cm³/mol. The average Bonchev–Trinajstić information content (AvgIpc) is 3.70. The minimum absolute atomic E-state index is 0.0214. The number of amides is 1. The van der Waals surface area contributed by atoms with Crippen molar-refractivity contribution in [1.82, 2.24) is 9.99 Å². The van der Waals surface area contributed by atoms with Crippen LogP contribution in [0, 0.1) is 5.82 Å². The quantitative estimate of drug-likeness (QED) is 0.107.